The zero-order valence-corrected chi connectivity index (χ0v) is 18.4. The number of unbranched alkanes of at least 4 members (excludes halogenated alkanes) is 5. The van der Waals surface area contributed by atoms with E-state index in [1.807, 2.05) is 12.1 Å². The molecule has 0 saturated carbocycles. The molecule has 0 saturated heterocycles. The molecule has 4 heteroatoms. The van der Waals surface area contributed by atoms with Gasteiger partial charge in [-0.05, 0) is 31.5 Å². The van der Waals surface area contributed by atoms with E-state index in [0.717, 1.165) is 35.7 Å². The lowest BCUT2D eigenvalue weighted by Gasteiger charge is -2.16. The number of halogens is 1. The normalized spacial score (nSPS) is 10.4. The summed E-state index contributed by atoms with van der Waals surface area (Å²) in [5.74, 6) is 1.64. The number of hydrogen-bond donors (Lipinski definition) is 1. The van der Waals surface area contributed by atoms with Crippen LogP contribution in [-0.2, 0) is 13.2 Å². The molecular formula is C24H36ClNO2. The van der Waals surface area contributed by atoms with Crippen LogP contribution in [0.25, 0.3) is 0 Å². The van der Waals surface area contributed by atoms with E-state index in [1.54, 1.807) is 7.11 Å². The Kier molecular flexibility index (Phi) is 12.4. The molecule has 0 aliphatic heterocycles. The average molecular weight is 406 g/mol. The third-order valence-corrected chi connectivity index (χ3v) is 4.81. The summed E-state index contributed by atoms with van der Waals surface area (Å²) in [5.41, 5.74) is 3.57. The van der Waals surface area contributed by atoms with Crippen LogP contribution >= 0.6 is 12.4 Å². The van der Waals surface area contributed by atoms with Gasteiger partial charge in [-0.1, -0.05) is 81.0 Å². The number of para-hydroxylation sites is 1. The van der Waals surface area contributed by atoms with Crippen molar-refractivity contribution in [2.75, 3.05) is 13.7 Å². The third-order valence-electron chi connectivity index (χ3n) is 4.81. The Morgan fingerprint density at radius 1 is 0.893 bits per heavy atom. The number of benzene rings is 2. The van der Waals surface area contributed by atoms with Crippen molar-refractivity contribution in [1.82, 2.24) is 5.32 Å². The number of hydrogen-bond acceptors (Lipinski definition) is 3. The molecule has 2 aromatic carbocycles. The van der Waals surface area contributed by atoms with Crippen molar-refractivity contribution in [3.05, 3.63) is 59.2 Å². The molecule has 0 aromatic heterocycles. The Hall–Kier alpha value is -1.71. The van der Waals surface area contributed by atoms with E-state index in [0.29, 0.717) is 6.61 Å². The molecule has 2 rings (SSSR count). The van der Waals surface area contributed by atoms with Crippen LogP contribution in [0.3, 0.4) is 0 Å². The largest absolute Gasteiger partial charge is 0.493 e. The fourth-order valence-corrected chi connectivity index (χ4v) is 3.12. The number of rotatable bonds is 13. The van der Waals surface area contributed by atoms with Gasteiger partial charge in [0.2, 0.25) is 0 Å². The number of ether oxygens (including phenoxy) is 2. The minimum atomic E-state index is 0. The summed E-state index contributed by atoms with van der Waals surface area (Å²) in [6, 6.07) is 14.6. The summed E-state index contributed by atoms with van der Waals surface area (Å²) in [6.07, 6.45) is 7.91. The van der Waals surface area contributed by atoms with E-state index in [1.165, 1.54) is 44.1 Å². The monoisotopic (exact) mass is 405 g/mol. The highest BCUT2D eigenvalue weighted by Gasteiger charge is 2.10. The van der Waals surface area contributed by atoms with Crippen LogP contribution in [0.2, 0.25) is 0 Å². The summed E-state index contributed by atoms with van der Waals surface area (Å²) in [4.78, 5) is 0. The fraction of sp³-hybridized carbons (Fsp3) is 0.500. The van der Waals surface area contributed by atoms with Crippen LogP contribution in [0.4, 0.5) is 0 Å². The quantitative estimate of drug-likeness (QED) is 0.388. The first-order valence-corrected chi connectivity index (χ1v) is 10.3. The molecule has 0 fully saturated rings. The van der Waals surface area contributed by atoms with Gasteiger partial charge in [-0.2, -0.15) is 0 Å². The topological polar surface area (TPSA) is 30.5 Å². The molecule has 156 valence electrons. The Balaban J connectivity index is 0.00000392. The zero-order valence-electron chi connectivity index (χ0n) is 17.6. The molecule has 0 spiro atoms. The Bertz CT molecular complexity index is 658. The van der Waals surface area contributed by atoms with Crippen molar-refractivity contribution in [3.8, 4) is 11.5 Å². The first-order chi connectivity index (χ1) is 13.2. The predicted molar refractivity (Wildman–Crippen MR) is 121 cm³/mol. The standard InChI is InChI=1S/C24H35NO2.ClH/c1-4-5-6-7-8-9-17-25-18-22-11-10-12-23(26-3)24(22)27-19-21-15-13-20(2)14-16-21;/h10-16,25H,4-9,17-19H2,1-3H3;1H. The Morgan fingerprint density at radius 3 is 2.32 bits per heavy atom. The predicted octanol–water partition coefficient (Wildman–Crippen LogP) is 6.45. The van der Waals surface area contributed by atoms with Gasteiger partial charge in [-0.25, -0.2) is 0 Å². The average Bonchev–Trinajstić information content (AvgIpc) is 2.69. The fourth-order valence-electron chi connectivity index (χ4n) is 3.12. The van der Waals surface area contributed by atoms with Crippen molar-refractivity contribution >= 4 is 12.4 Å². The van der Waals surface area contributed by atoms with Gasteiger partial charge in [-0.15, -0.1) is 12.4 Å². The van der Waals surface area contributed by atoms with Crippen LogP contribution < -0.4 is 14.8 Å². The first kappa shape index (κ1) is 24.3. The first-order valence-electron chi connectivity index (χ1n) is 10.3. The second-order valence-corrected chi connectivity index (χ2v) is 7.17. The van der Waals surface area contributed by atoms with E-state index >= 15 is 0 Å². The molecule has 28 heavy (non-hydrogen) atoms. The number of nitrogens with one attached hydrogen (secondary N) is 1. The lowest BCUT2D eigenvalue weighted by Crippen LogP contribution is -2.15. The van der Waals surface area contributed by atoms with Gasteiger partial charge in [-0.3, -0.25) is 0 Å². The maximum Gasteiger partial charge on any atom is 0.166 e. The lowest BCUT2D eigenvalue weighted by molar-refractivity contribution is 0.280. The van der Waals surface area contributed by atoms with Gasteiger partial charge in [0, 0.05) is 12.1 Å². The molecule has 0 bridgehead atoms. The summed E-state index contributed by atoms with van der Waals surface area (Å²) in [6.45, 7) is 6.74. The molecule has 0 radical (unpaired) electrons. The Labute approximate surface area is 177 Å². The van der Waals surface area contributed by atoms with Crippen molar-refractivity contribution < 1.29 is 9.47 Å². The lowest BCUT2D eigenvalue weighted by atomic mass is 10.1. The SMILES string of the molecule is CCCCCCCCNCc1cccc(OC)c1OCc1ccc(C)cc1.Cl. The maximum atomic E-state index is 6.14. The van der Waals surface area contributed by atoms with Crippen molar-refractivity contribution in [2.24, 2.45) is 0 Å². The van der Waals surface area contributed by atoms with Crippen molar-refractivity contribution in [2.45, 2.75) is 65.5 Å². The maximum absolute atomic E-state index is 6.14. The highest BCUT2D eigenvalue weighted by molar-refractivity contribution is 5.85. The second kappa shape index (κ2) is 14.3. The van der Waals surface area contributed by atoms with Crippen LogP contribution in [-0.4, -0.2) is 13.7 Å². The van der Waals surface area contributed by atoms with Crippen molar-refractivity contribution in [1.29, 1.82) is 0 Å². The van der Waals surface area contributed by atoms with Crippen LogP contribution in [0.1, 0.15) is 62.1 Å². The smallest absolute Gasteiger partial charge is 0.166 e. The molecular weight excluding hydrogens is 370 g/mol. The minimum Gasteiger partial charge on any atom is -0.493 e. The molecule has 0 aliphatic carbocycles. The van der Waals surface area contributed by atoms with Gasteiger partial charge < -0.3 is 14.8 Å². The van der Waals surface area contributed by atoms with Gasteiger partial charge in [0.25, 0.3) is 0 Å². The molecule has 0 aliphatic rings. The second-order valence-electron chi connectivity index (χ2n) is 7.17. The Morgan fingerprint density at radius 2 is 1.61 bits per heavy atom. The van der Waals surface area contributed by atoms with E-state index in [2.05, 4.69) is 49.5 Å². The van der Waals surface area contributed by atoms with Gasteiger partial charge in [0.05, 0.1) is 7.11 Å². The van der Waals surface area contributed by atoms with E-state index < -0.39 is 0 Å². The van der Waals surface area contributed by atoms with Crippen LogP contribution in [0, 0.1) is 6.92 Å². The third kappa shape index (κ3) is 8.53. The summed E-state index contributed by atoms with van der Waals surface area (Å²) in [5, 5.41) is 3.55. The molecule has 3 nitrogen and oxygen atoms in total. The van der Waals surface area contributed by atoms with Gasteiger partial charge in [0.15, 0.2) is 11.5 Å². The van der Waals surface area contributed by atoms with Crippen LogP contribution in [0.5, 0.6) is 11.5 Å². The van der Waals surface area contributed by atoms with E-state index in [9.17, 15) is 0 Å². The summed E-state index contributed by atoms with van der Waals surface area (Å²) in [7, 11) is 1.70. The number of methoxy groups -OCH3 is 1. The molecule has 2 aromatic rings. The highest BCUT2D eigenvalue weighted by Crippen LogP contribution is 2.31. The van der Waals surface area contributed by atoms with Gasteiger partial charge in [0.1, 0.15) is 6.61 Å². The molecule has 1 N–H and O–H groups in total. The van der Waals surface area contributed by atoms with Crippen molar-refractivity contribution in [3.63, 3.8) is 0 Å². The van der Waals surface area contributed by atoms with Gasteiger partial charge >= 0.3 is 0 Å². The van der Waals surface area contributed by atoms with E-state index in [4.69, 9.17) is 9.47 Å². The summed E-state index contributed by atoms with van der Waals surface area (Å²) >= 11 is 0. The molecule has 0 unspecified atom stereocenters. The van der Waals surface area contributed by atoms with E-state index in [-0.39, 0.29) is 12.4 Å². The summed E-state index contributed by atoms with van der Waals surface area (Å²) < 4.78 is 11.7. The molecule has 0 atom stereocenters. The zero-order chi connectivity index (χ0) is 19.3. The molecule has 0 heterocycles. The minimum absolute atomic E-state index is 0. The molecule has 0 amide bonds. The van der Waals surface area contributed by atoms with Crippen LogP contribution in [0.15, 0.2) is 42.5 Å². The number of aryl methyl sites for hydroxylation is 1. The highest BCUT2D eigenvalue weighted by atomic mass is 35.5.